The fourth-order valence-corrected chi connectivity index (χ4v) is 4.28. The third-order valence-corrected chi connectivity index (χ3v) is 5.49. The Morgan fingerprint density at radius 3 is 2.55 bits per heavy atom. The number of hydrogen-bond donors (Lipinski definition) is 3. The zero-order valence-electron chi connectivity index (χ0n) is 14.9. The van der Waals surface area contributed by atoms with Crippen molar-refractivity contribution in [2.45, 2.75) is 5.92 Å². The van der Waals surface area contributed by atoms with E-state index >= 15 is 0 Å². The second kappa shape index (κ2) is 5.48. The highest BCUT2D eigenvalue weighted by Crippen LogP contribution is 2.48. The number of allylic oxidation sites excluding steroid dienone is 1. The van der Waals surface area contributed by atoms with Gasteiger partial charge in [0.25, 0.3) is 5.56 Å². The highest BCUT2D eigenvalue weighted by Gasteiger charge is 2.42. The number of anilines is 1. The van der Waals surface area contributed by atoms with Gasteiger partial charge in [-0.1, -0.05) is 30.3 Å². The molecule has 0 radical (unpaired) electrons. The van der Waals surface area contributed by atoms with Gasteiger partial charge in [0, 0.05) is 22.6 Å². The van der Waals surface area contributed by atoms with Crippen molar-refractivity contribution in [1.29, 1.82) is 0 Å². The molecule has 3 aromatic rings. The van der Waals surface area contributed by atoms with Crippen LogP contribution in [0.5, 0.6) is 11.5 Å². The van der Waals surface area contributed by atoms with Crippen molar-refractivity contribution in [3.8, 4) is 11.5 Å². The van der Waals surface area contributed by atoms with Crippen LogP contribution in [0.3, 0.4) is 0 Å². The van der Waals surface area contributed by atoms with Crippen molar-refractivity contribution >= 4 is 17.3 Å². The minimum absolute atomic E-state index is 0.119. The molecule has 1 aromatic heterocycles. The monoisotopic (exact) mass is 387 g/mol. The SMILES string of the molecule is O=C1C2=C(Nc3[nH]c(=O)[nH]c(=O)c3[C@@H]2c2ccc3c(c2)OCO3)c2ccccc21. The van der Waals surface area contributed by atoms with Crippen LogP contribution in [0.4, 0.5) is 5.82 Å². The number of ketones is 1. The molecule has 8 heteroatoms. The number of fused-ring (bicyclic) bond motifs is 4. The van der Waals surface area contributed by atoms with E-state index in [1.165, 1.54) is 0 Å². The Labute approximate surface area is 162 Å². The maximum absolute atomic E-state index is 13.3. The molecule has 3 heterocycles. The van der Waals surface area contributed by atoms with E-state index in [1.807, 2.05) is 12.1 Å². The van der Waals surface area contributed by atoms with Crippen molar-refractivity contribution in [2.24, 2.45) is 0 Å². The summed E-state index contributed by atoms with van der Waals surface area (Å²) in [5.74, 6) is 0.616. The smallest absolute Gasteiger partial charge is 0.327 e. The molecular formula is C21H13N3O5. The Bertz CT molecular complexity index is 1380. The average molecular weight is 387 g/mol. The molecule has 0 spiro atoms. The summed E-state index contributed by atoms with van der Waals surface area (Å²) < 4.78 is 10.9. The standard InChI is InChI=1S/C21H13N3O5/c25-18-11-4-2-1-3-10(11)17-15(18)14(9-5-6-12-13(7-9)29-8-28-12)16-19(22-17)23-21(27)24-20(16)26/h1-7,14H,8H2,(H3,22,23,24,26,27)/t14-/m1/s1. The molecule has 0 saturated heterocycles. The van der Waals surface area contributed by atoms with Crippen LogP contribution in [0.2, 0.25) is 0 Å². The van der Waals surface area contributed by atoms with Gasteiger partial charge in [-0.05, 0) is 17.7 Å². The first kappa shape index (κ1) is 15.9. The number of rotatable bonds is 1. The van der Waals surface area contributed by atoms with Crippen LogP contribution in [-0.4, -0.2) is 22.5 Å². The van der Waals surface area contributed by atoms with Gasteiger partial charge in [0.15, 0.2) is 17.3 Å². The fourth-order valence-electron chi connectivity index (χ4n) is 4.28. The van der Waals surface area contributed by atoms with Gasteiger partial charge >= 0.3 is 5.69 Å². The fraction of sp³-hybridized carbons (Fsp3) is 0.0952. The first-order chi connectivity index (χ1) is 14.1. The van der Waals surface area contributed by atoms with Crippen molar-refractivity contribution in [3.63, 3.8) is 0 Å². The highest BCUT2D eigenvalue weighted by molar-refractivity contribution is 6.23. The molecule has 0 saturated carbocycles. The van der Waals surface area contributed by atoms with E-state index in [0.717, 1.165) is 5.56 Å². The number of Topliss-reactive ketones (excluding diaryl/α,β-unsaturated/α-hetero) is 1. The van der Waals surface area contributed by atoms with Gasteiger partial charge in [0.1, 0.15) is 5.82 Å². The Morgan fingerprint density at radius 2 is 1.69 bits per heavy atom. The molecule has 1 atom stereocenters. The number of H-pyrrole nitrogens is 2. The second-order valence-electron chi connectivity index (χ2n) is 7.03. The lowest BCUT2D eigenvalue weighted by Crippen LogP contribution is -2.33. The minimum Gasteiger partial charge on any atom is -0.454 e. The summed E-state index contributed by atoms with van der Waals surface area (Å²) in [4.78, 5) is 42.9. The van der Waals surface area contributed by atoms with E-state index in [4.69, 9.17) is 9.47 Å². The molecule has 0 bridgehead atoms. The molecule has 0 amide bonds. The lowest BCUT2D eigenvalue weighted by atomic mass is 9.81. The first-order valence-corrected chi connectivity index (χ1v) is 9.03. The number of carbonyl (C=O) groups excluding carboxylic acids is 1. The molecule has 6 rings (SSSR count). The summed E-state index contributed by atoms with van der Waals surface area (Å²) in [7, 11) is 0. The van der Waals surface area contributed by atoms with Crippen molar-refractivity contribution < 1.29 is 14.3 Å². The Hall–Kier alpha value is -4.07. The van der Waals surface area contributed by atoms with Crippen molar-refractivity contribution in [1.82, 2.24) is 9.97 Å². The quantitative estimate of drug-likeness (QED) is 0.588. The van der Waals surface area contributed by atoms with E-state index < -0.39 is 17.2 Å². The number of carbonyl (C=O) groups is 1. The van der Waals surface area contributed by atoms with Crippen molar-refractivity contribution in [2.75, 3.05) is 12.1 Å². The number of hydrogen-bond acceptors (Lipinski definition) is 6. The normalized spacial score (nSPS) is 18.2. The van der Waals surface area contributed by atoms with Crippen LogP contribution >= 0.6 is 0 Å². The summed E-state index contributed by atoms with van der Waals surface area (Å²) >= 11 is 0. The number of ether oxygens (including phenoxy) is 2. The van der Waals surface area contributed by atoms with Gasteiger partial charge in [0.2, 0.25) is 6.79 Å². The van der Waals surface area contributed by atoms with Gasteiger partial charge in [-0.3, -0.25) is 19.6 Å². The van der Waals surface area contributed by atoms with E-state index in [1.54, 1.807) is 30.3 Å². The molecule has 1 aliphatic carbocycles. The molecular weight excluding hydrogens is 374 g/mol. The lowest BCUT2D eigenvalue weighted by Gasteiger charge is -2.27. The van der Waals surface area contributed by atoms with E-state index in [0.29, 0.717) is 33.9 Å². The summed E-state index contributed by atoms with van der Waals surface area (Å²) in [6.07, 6.45) is 0. The topological polar surface area (TPSA) is 113 Å². The maximum atomic E-state index is 13.3. The van der Waals surface area contributed by atoms with Gasteiger partial charge in [-0.25, -0.2) is 4.79 Å². The molecule has 2 aromatic carbocycles. The van der Waals surface area contributed by atoms with Crippen LogP contribution in [0.1, 0.15) is 33.0 Å². The summed E-state index contributed by atoms with van der Waals surface area (Å²) in [6.45, 7) is 0.119. The van der Waals surface area contributed by atoms with Crippen LogP contribution < -0.4 is 26.0 Å². The maximum Gasteiger partial charge on any atom is 0.327 e. The van der Waals surface area contributed by atoms with E-state index in [9.17, 15) is 14.4 Å². The largest absolute Gasteiger partial charge is 0.454 e. The second-order valence-corrected chi connectivity index (χ2v) is 7.03. The zero-order valence-corrected chi connectivity index (χ0v) is 14.9. The van der Waals surface area contributed by atoms with Gasteiger partial charge < -0.3 is 14.8 Å². The third-order valence-electron chi connectivity index (χ3n) is 5.49. The van der Waals surface area contributed by atoms with Crippen LogP contribution in [-0.2, 0) is 0 Å². The molecule has 3 aliphatic rings. The van der Waals surface area contributed by atoms with Gasteiger partial charge in [0.05, 0.1) is 11.3 Å². The molecule has 3 N–H and O–H groups in total. The zero-order chi connectivity index (χ0) is 19.7. The number of aromatic nitrogens is 2. The van der Waals surface area contributed by atoms with E-state index in [-0.39, 0.29) is 24.0 Å². The number of nitrogens with one attached hydrogen (secondary N) is 3. The van der Waals surface area contributed by atoms with Crippen LogP contribution in [0, 0.1) is 0 Å². The molecule has 8 nitrogen and oxygen atoms in total. The van der Waals surface area contributed by atoms with Crippen LogP contribution in [0.25, 0.3) is 5.70 Å². The molecule has 142 valence electrons. The predicted octanol–water partition coefficient (Wildman–Crippen LogP) is 1.96. The molecule has 2 aliphatic heterocycles. The molecule has 29 heavy (non-hydrogen) atoms. The number of aromatic amines is 2. The summed E-state index contributed by atoms with van der Waals surface area (Å²) in [6, 6.07) is 12.6. The number of benzene rings is 2. The molecule has 0 unspecified atom stereocenters. The average Bonchev–Trinajstić information content (AvgIpc) is 3.29. The Morgan fingerprint density at radius 1 is 0.897 bits per heavy atom. The Balaban J connectivity index is 1.66. The molecule has 0 fully saturated rings. The summed E-state index contributed by atoms with van der Waals surface area (Å²) in [5, 5.41) is 3.11. The first-order valence-electron chi connectivity index (χ1n) is 9.03. The van der Waals surface area contributed by atoms with Crippen LogP contribution in [0.15, 0.2) is 57.6 Å². The Kier molecular flexibility index (Phi) is 3.01. The predicted molar refractivity (Wildman–Crippen MR) is 103 cm³/mol. The minimum atomic E-state index is -0.670. The third kappa shape index (κ3) is 2.11. The van der Waals surface area contributed by atoms with Gasteiger partial charge in [-0.15, -0.1) is 0 Å². The van der Waals surface area contributed by atoms with Crippen molar-refractivity contribution in [3.05, 3.63) is 91.1 Å². The highest BCUT2D eigenvalue weighted by atomic mass is 16.7. The van der Waals surface area contributed by atoms with E-state index in [2.05, 4.69) is 15.3 Å². The lowest BCUT2D eigenvalue weighted by molar-refractivity contribution is 0.103. The summed E-state index contributed by atoms with van der Waals surface area (Å²) in [5.41, 5.74) is 2.18. The van der Waals surface area contributed by atoms with Gasteiger partial charge in [-0.2, -0.15) is 0 Å².